The van der Waals surface area contributed by atoms with Gasteiger partial charge in [0.15, 0.2) is 0 Å². The van der Waals surface area contributed by atoms with Crippen LogP contribution in [0.25, 0.3) is 0 Å². The first-order valence-corrected chi connectivity index (χ1v) is 8.11. The summed E-state index contributed by atoms with van der Waals surface area (Å²) in [6.45, 7) is 5.10. The maximum absolute atomic E-state index is 5.74. The fourth-order valence-electron chi connectivity index (χ4n) is 2.15. The molecule has 2 aromatic carbocycles. The number of unbranched alkanes of at least 4 members (excludes halogenated alkanes) is 3. The van der Waals surface area contributed by atoms with Gasteiger partial charge in [0.05, 0.1) is 12.3 Å². The summed E-state index contributed by atoms with van der Waals surface area (Å²) in [7, 11) is 0. The van der Waals surface area contributed by atoms with Crippen molar-refractivity contribution in [2.24, 2.45) is 4.99 Å². The van der Waals surface area contributed by atoms with E-state index in [1.54, 1.807) is 0 Å². The minimum Gasteiger partial charge on any atom is -0.494 e. The van der Waals surface area contributed by atoms with Crippen LogP contribution in [0.3, 0.4) is 0 Å². The molecule has 2 aromatic rings. The highest BCUT2D eigenvalue weighted by atomic mass is 16.5. The molecule has 0 fully saturated rings. The molecular weight excluding hydrogens is 270 g/mol. The van der Waals surface area contributed by atoms with Gasteiger partial charge in [-0.2, -0.15) is 0 Å². The summed E-state index contributed by atoms with van der Waals surface area (Å²) in [4.78, 5) is 4.48. The van der Waals surface area contributed by atoms with Crippen molar-refractivity contribution in [2.45, 2.75) is 39.5 Å². The van der Waals surface area contributed by atoms with E-state index in [-0.39, 0.29) is 0 Å². The minimum atomic E-state index is 0.802. The zero-order valence-electron chi connectivity index (χ0n) is 13.6. The van der Waals surface area contributed by atoms with Crippen LogP contribution in [0.4, 0.5) is 5.69 Å². The first kappa shape index (κ1) is 16.3. The molecule has 0 atom stereocenters. The number of hydrogen-bond acceptors (Lipinski definition) is 2. The SMILES string of the molecule is CCCCCCOc1ccc(/C=N/c2ccc(C)cc2)cc1. The Balaban J connectivity index is 1.82. The highest BCUT2D eigenvalue weighted by molar-refractivity contribution is 5.82. The fourth-order valence-corrected chi connectivity index (χ4v) is 2.15. The van der Waals surface area contributed by atoms with Gasteiger partial charge < -0.3 is 4.74 Å². The molecule has 0 saturated heterocycles. The van der Waals surface area contributed by atoms with Crippen LogP contribution in [0.15, 0.2) is 53.5 Å². The lowest BCUT2D eigenvalue weighted by molar-refractivity contribution is 0.305. The first-order valence-electron chi connectivity index (χ1n) is 8.11. The largest absolute Gasteiger partial charge is 0.494 e. The molecule has 0 radical (unpaired) electrons. The third-order valence-electron chi connectivity index (χ3n) is 3.54. The normalized spacial score (nSPS) is 11.0. The fraction of sp³-hybridized carbons (Fsp3) is 0.350. The van der Waals surface area contributed by atoms with Gasteiger partial charge in [-0.05, 0) is 55.3 Å². The second-order valence-corrected chi connectivity index (χ2v) is 5.57. The van der Waals surface area contributed by atoms with Gasteiger partial charge in [-0.3, -0.25) is 4.99 Å². The number of hydrogen-bond donors (Lipinski definition) is 0. The van der Waals surface area contributed by atoms with Crippen LogP contribution >= 0.6 is 0 Å². The zero-order valence-corrected chi connectivity index (χ0v) is 13.6. The van der Waals surface area contributed by atoms with E-state index < -0.39 is 0 Å². The average Bonchev–Trinajstić information content (AvgIpc) is 2.55. The maximum atomic E-state index is 5.74. The summed E-state index contributed by atoms with van der Waals surface area (Å²) in [6, 6.07) is 16.3. The monoisotopic (exact) mass is 295 g/mol. The van der Waals surface area contributed by atoms with E-state index in [2.05, 4.69) is 31.0 Å². The molecule has 0 aliphatic heterocycles. The first-order chi connectivity index (χ1) is 10.8. The Morgan fingerprint density at radius 2 is 1.64 bits per heavy atom. The maximum Gasteiger partial charge on any atom is 0.119 e. The molecule has 0 amide bonds. The highest BCUT2D eigenvalue weighted by Crippen LogP contribution is 2.15. The van der Waals surface area contributed by atoms with E-state index >= 15 is 0 Å². The summed E-state index contributed by atoms with van der Waals surface area (Å²) < 4.78 is 5.74. The third-order valence-corrected chi connectivity index (χ3v) is 3.54. The van der Waals surface area contributed by atoms with E-state index in [1.807, 2.05) is 42.6 Å². The van der Waals surface area contributed by atoms with Crippen molar-refractivity contribution in [3.05, 3.63) is 59.7 Å². The number of aliphatic imine (C=N–C) groups is 1. The van der Waals surface area contributed by atoms with E-state index in [1.165, 1.54) is 24.8 Å². The summed E-state index contributed by atoms with van der Waals surface area (Å²) in [5.41, 5.74) is 3.31. The van der Waals surface area contributed by atoms with Crippen LogP contribution in [0.5, 0.6) is 5.75 Å². The van der Waals surface area contributed by atoms with Crippen LogP contribution in [-0.2, 0) is 0 Å². The predicted octanol–water partition coefficient (Wildman–Crippen LogP) is 5.70. The lowest BCUT2D eigenvalue weighted by Gasteiger charge is -2.05. The van der Waals surface area contributed by atoms with Crippen molar-refractivity contribution < 1.29 is 4.74 Å². The number of ether oxygens (including phenoxy) is 1. The van der Waals surface area contributed by atoms with Gasteiger partial charge in [-0.25, -0.2) is 0 Å². The van der Waals surface area contributed by atoms with Crippen LogP contribution in [-0.4, -0.2) is 12.8 Å². The summed E-state index contributed by atoms with van der Waals surface area (Å²) in [6.07, 6.45) is 6.81. The topological polar surface area (TPSA) is 21.6 Å². The number of nitrogens with zero attached hydrogens (tertiary/aromatic N) is 1. The third kappa shape index (κ3) is 5.72. The molecule has 0 aliphatic carbocycles. The van der Waals surface area contributed by atoms with Crippen molar-refractivity contribution in [3.8, 4) is 5.75 Å². The van der Waals surface area contributed by atoms with E-state index in [9.17, 15) is 0 Å². The Labute approximate surface area is 133 Å². The Morgan fingerprint density at radius 1 is 0.909 bits per heavy atom. The molecule has 0 spiro atoms. The molecule has 0 aliphatic rings. The Kier molecular flexibility index (Phi) is 6.69. The lowest BCUT2D eigenvalue weighted by atomic mass is 10.2. The van der Waals surface area contributed by atoms with Crippen molar-refractivity contribution >= 4 is 11.9 Å². The molecule has 116 valence electrons. The van der Waals surface area contributed by atoms with Crippen molar-refractivity contribution in [3.63, 3.8) is 0 Å². The van der Waals surface area contributed by atoms with Crippen molar-refractivity contribution in [2.75, 3.05) is 6.61 Å². The molecule has 2 nitrogen and oxygen atoms in total. The molecule has 0 N–H and O–H groups in total. The minimum absolute atomic E-state index is 0.802. The van der Waals surface area contributed by atoms with Gasteiger partial charge in [0.25, 0.3) is 0 Å². The van der Waals surface area contributed by atoms with E-state index in [0.29, 0.717) is 0 Å². The van der Waals surface area contributed by atoms with Gasteiger partial charge >= 0.3 is 0 Å². The molecule has 0 heterocycles. The zero-order chi connectivity index (χ0) is 15.6. The predicted molar refractivity (Wildman–Crippen MR) is 94.5 cm³/mol. The molecule has 22 heavy (non-hydrogen) atoms. The van der Waals surface area contributed by atoms with Crippen LogP contribution < -0.4 is 4.74 Å². The van der Waals surface area contributed by atoms with Crippen molar-refractivity contribution in [1.29, 1.82) is 0 Å². The number of aryl methyl sites for hydroxylation is 1. The molecule has 0 aromatic heterocycles. The molecule has 2 rings (SSSR count). The Morgan fingerprint density at radius 3 is 2.32 bits per heavy atom. The van der Waals surface area contributed by atoms with Crippen LogP contribution in [0.2, 0.25) is 0 Å². The lowest BCUT2D eigenvalue weighted by Crippen LogP contribution is -1.97. The highest BCUT2D eigenvalue weighted by Gasteiger charge is 1.95. The molecule has 0 unspecified atom stereocenters. The van der Waals surface area contributed by atoms with E-state index in [0.717, 1.165) is 30.0 Å². The van der Waals surface area contributed by atoms with Gasteiger partial charge in [-0.1, -0.05) is 43.9 Å². The summed E-state index contributed by atoms with van der Waals surface area (Å²) >= 11 is 0. The van der Waals surface area contributed by atoms with Gasteiger partial charge in [0.2, 0.25) is 0 Å². The smallest absolute Gasteiger partial charge is 0.119 e. The van der Waals surface area contributed by atoms with Gasteiger partial charge in [0, 0.05) is 6.21 Å². The molecule has 0 saturated carbocycles. The Bertz CT molecular complexity index is 570. The standard InChI is InChI=1S/C20H25NO/c1-3-4-5-6-15-22-20-13-9-18(10-14-20)16-21-19-11-7-17(2)8-12-19/h7-14,16H,3-6,15H2,1-2H3/b21-16+. The van der Waals surface area contributed by atoms with Crippen LogP contribution in [0.1, 0.15) is 43.7 Å². The Hall–Kier alpha value is -2.09. The second kappa shape index (κ2) is 9.04. The van der Waals surface area contributed by atoms with E-state index in [4.69, 9.17) is 4.74 Å². The quantitative estimate of drug-likeness (QED) is 0.452. The number of benzene rings is 2. The second-order valence-electron chi connectivity index (χ2n) is 5.57. The average molecular weight is 295 g/mol. The van der Waals surface area contributed by atoms with Crippen molar-refractivity contribution in [1.82, 2.24) is 0 Å². The number of rotatable bonds is 8. The van der Waals surface area contributed by atoms with Gasteiger partial charge in [0.1, 0.15) is 5.75 Å². The molecule has 2 heteroatoms. The van der Waals surface area contributed by atoms with Gasteiger partial charge in [-0.15, -0.1) is 0 Å². The molecular formula is C20H25NO. The summed E-state index contributed by atoms with van der Waals surface area (Å²) in [5, 5.41) is 0. The summed E-state index contributed by atoms with van der Waals surface area (Å²) in [5.74, 6) is 0.934. The van der Waals surface area contributed by atoms with Crippen LogP contribution in [0, 0.1) is 6.92 Å². The molecule has 0 bridgehead atoms.